The van der Waals surface area contributed by atoms with Crippen LogP contribution in [0.25, 0.3) is 0 Å². The Labute approximate surface area is 120 Å². The minimum absolute atomic E-state index is 0.654. The van der Waals surface area contributed by atoms with E-state index in [-0.39, 0.29) is 0 Å². The molecule has 0 spiro atoms. The van der Waals surface area contributed by atoms with E-state index in [1.807, 2.05) is 0 Å². The molecule has 0 bridgehead atoms. The van der Waals surface area contributed by atoms with Crippen LogP contribution >= 0.6 is 15.9 Å². The van der Waals surface area contributed by atoms with E-state index < -0.39 is 0 Å². The van der Waals surface area contributed by atoms with Crippen molar-refractivity contribution in [3.05, 3.63) is 46.5 Å². The van der Waals surface area contributed by atoms with Gasteiger partial charge < -0.3 is 0 Å². The van der Waals surface area contributed by atoms with Crippen molar-refractivity contribution in [2.75, 3.05) is 0 Å². The van der Waals surface area contributed by atoms with Gasteiger partial charge >= 0.3 is 0 Å². The van der Waals surface area contributed by atoms with Gasteiger partial charge in [0, 0.05) is 0 Å². The summed E-state index contributed by atoms with van der Waals surface area (Å²) in [5, 5.41) is 0. The van der Waals surface area contributed by atoms with Gasteiger partial charge in [0.1, 0.15) is 0 Å². The van der Waals surface area contributed by atoms with Gasteiger partial charge in [-0.05, 0) is 47.1 Å². The Balaban J connectivity index is 2.28. The molecular formula is C17H23Br. The van der Waals surface area contributed by atoms with Crippen LogP contribution < -0.4 is 0 Å². The lowest BCUT2D eigenvalue weighted by molar-refractivity contribution is 0.258. The van der Waals surface area contributed by atoms with Gasteiger partial charge in [-0.25, -0.2) is 0 Å². The average Bonchev–Trinajstić information content (AvgIpc) is 2.39. The monoisotopic (exact) mass is 306 g/mol. The number of halogens is 1. The van der Waals surface area contributed by atoms with Gasteiger partial charge in [0.05, 0.1) is 0 Å². The SMILES string of the molecule is CC(C)[C@H]1C/C(=C\Br)[C@H](C)[C@@H](c2ccccc2)C1. The highest BCUT2D eigenvalue weighted by Gasteiger charge is 2.33. The van der Waals surface area contributed by atoms with Gasteiger partial charge in [-0.3, -0.25) is 0 Å². The van der Waals surface area contributed by atoms with E-state index in [1.54, 1.807) is 5.57 Å². The van der Waals surface area contributed by atoms with Gasteiger partial charge in [-0.2, -0.15) is 0 Å². The minimum atomic E-state index is 0.654. The van der Waals surface area contributed by atoms with E-state index in [0.717, 1.165) is 11.8 Å². The normalized spacial score (nSPS) is 30.9. The summed E-state index contributed by atoms with van der Waals surface area (Å²) >= 11 is 3.57. The van der Waals surface area contributed by atoms with E-state index in [4.69, 9.17) is 0 Å². The molecule has 0 nitrogen and oxygen atoms in total. The quantitative estimate of drug-likeness (QED) is 0.652. The lowest BCUT2D eigenvalue weighted by Gasteiger charge is -2.38. The van der Waals surface area contributed by atoms with Gasteiger partial charge in [0.25, 0.3) is 0 Å². The first kappa shape index (κ1) is 13.9. The predicted molar refractivity (Wildman–Crippen MR) is 82.9 cm³/mol. The van der Waals surface area contributed by atoms with Gasteiger partial charge in [-0.15, -0.1) is 0 Å². The highest BCUT2D eigenvalue weighted by molar-refractivity contribution is 9.11. The van der Waals surface area contributed by atoms with Crippen LogP contribution in [0, 0.1) is 17.8 Å². The number of allylic oxidation sites excluding steroid dienone is 1. The largest absolute Gasteiger partial charge is 0.0625 e. The second-order valence-electron chi connectivity index (χ2n) is 5.93. The van der Waals surface area contributed by atoms with Crippen LogP contribution in [0.3, 0.4) is 0 Å². The van der Waals surface area contributed by atoms with Crippen LogP contribution in [0.1, 0.15) is 45.1 Å². The summed E-state index contributed by atoms with van der Waals surface area (Å²) in [6.45, 7) is 7.09. The molecule has 1 aliphatic rings. The van der Waals surface area contributed by atoms with E-state index >= 15 is 0 Å². The molecular weight excluding hydrogens is 284 g/mol. The number of hydrogen-bond acceptors (Lipinski definition) is 0. The van der Waals surface area contributed by atoms with Gasteiger partial charge in [0.15, 0.2) is 0 Å². The molecule has 0 aliphatic heterocycles. The van der Waals surface area contributed by atoms with Crippen molar-refractivity contribution in [3.63, 3.8) is 0 Å². The summed E-state index contributed by atoms with van der Waals surface area (Å²) in [6, 6.07) is 11.0. The minimum Gasteiger partial charge on any atom is -0.0625 e. The van der Waals surface area contributed by atoms with Crippen LogP contribution in [-0.4, -0.2) is 0 Å². The van der Waals surface area contributed by atoms with Gasteiger partial charge in [-0.1, -0.05) is 72.6 Å². The molecule has 1 aromatic carbocycles. The molecule has 0 amide bonds. The molecule has 18 heavy (non-hydrogen) atoms. The van der Waals surface area contributed by atoms with Crippen LogP contribution in [0.15, 0.2) is 40.9 Å². The number of rotatable bonds is 2. The molecule has 3 atom stereocenters. The molecule has 1 aromatic rings. The summed E-state index contributed by atoms with van der Waals surface area (Å²) < 4.78 is 0. The maximum absolute atomic E-state index is 3.57. The number of hydrogen-bond donors (Lipinski definition) is 0. The van der Waals surface area contributed by atoms with Crippen LogP contribution in [-0.2, 0) is 0 Å². The molecule has 0 radical (unpaired) electrons. The Morgan fingerprint density at radius 1 is 1.22 bits per heavy atom. The first-order valence-electron chi connectivity index (χ1n) is 6.97. The third-order valence-corrected chi connectivity index (χ3v) is 5.14. The Bertz CT molecular complexity index is 405. The third-order valence-electron chi connectivity index (χ3n) is 4.55. The molecule has 1 aliphatic carbocycles. The first-order chi connectivity index (χ1) is 8.63. The molecule has 0 saturated heterocycles. The van der Waals surface area contributed by atoms with Gasteiger partial charge in [0.2, 0.25) is 0 Å². The van der Waals surface area contributed by atoms with E-state index in [0.29, 0.717) is 11.8 Å². The topological polar surface area (TPSA) is 0 Å². The second-order valence-corrected chi connectivity index (χ2v) is 6.39. The maximum Gasteiger partial charge on any atom is -0.00958 e. The zero-order valence-corrected chi connectivity index (χ0v) is 13.2. The van der Waals surface area contributed by atoms with Crippen molar-refractivity contribution in [3.8, 4) is 0 Å². The summed E-state index contributed by atoms with van der Waals surface area (Å²) in [5.41, 5.74) is 3.08. The van der Waals surface area contributed by atoms with Crippen molar-refractivity contribution < 1.29 is 0 Å². The highest BCUT2D eigenvalue weighted by atomic mass is 79.9. The second kappa shape index (κ2) is 6.06. The predicted octanol–water partition coefficient (Wildman–Crippen LogP) is 5.75. The average molecular weight is 307 g/mol. The van der Waals surface area contributed by atoms with E-state index in [1.165, 1.54) is 18.4 Å². The van der Waals surface area contributed by atoms with E-state index in [9.17, 15) is 0 Å². The Kier molecular flexibility index (Phi) is 4.66. The van der Waals surface area contributed by atoms with Crippen molar-refractivity contribution >= 4 is 15.9 Å². The standard InChI is InChI=1S/C17H23Br/c1-12(2)15-9-16(11-18)13(3)17(10-15)14-7-5-4-6-8-14/h4-8,11-13,15,17H,9-10H2,1-3H3/b16-11+/t13-,15-,17-/m0/s1. The zero-order valence-electron chi connectivity index (χ0n) is 11.6. The van der Waals surface area contributed by atoms with Crippen LogP contribution in [0.4, 0.5) is 0 Å². The van der Waals surface area contributed by atoms with Crippen molar-refractivity contribution in [2.45, 2.75) is 39.5 Å². The summed E-state index contributed by atoms with van der Waals surface area (Å²) in [5.74, 6) is 2.92. The van der Waals surface area contributed by atoms with Crippen molar-refractivity contribution in [1.29, 1.82) is 0 Å². The van der Waals surface area contributed by atoms with Crippen LogP contribution in [0.5, 0.6) is 0 Å². The third kappa shape index (κ3) is 2.88. The molecule has 1 fully saturated rings. The highest BCUT2D eigenvalue weighted by Crippen LogP contribution is 2.45. The molecule has 0 heterocycles. The molecule has 0 N–H and O–H groups in total. The molecule has 2 rings (SSSR count). The fraction of sp³-hybridized carbons (Fsp3) is 0.529. The molecule has 1 heteroatoms. The smallest absolute Gasteiger partial charge is 0.00958 e. The lowest BCUT2D eigenvalue weighted by atomic mass is 9.67. The fourth-order valence-electron chi connectivity index (χ4n) is 3.14. The molecule has 0 unspecified atom stereocenters. The summed E-state index contributed by atoms with van der Waals surface area (Å²) in [4.78, 5) is 2.17. The Morgan fingerprint density at radius 2 is 1.89 bits per heavy atom. The molecule has 0 aromatic heterocycles. The molecule has 98 valence electrons. The zero-order chi connectivity index (χ0) is 13.1. The fourth-order valence-corrected chi connectivity index (χ4v) is 3.74. The number of benzene rings is 1. The summed E-state index contributed by atoms with van der Waals surface area (Å²) in [7, 11) is 0. The van der Waals surface area contributed by atoms with Crippen molar-refractivity contribution in [1.82, 2.24) is 0 Å². The summed E-state index contributed by atoms with van der Waals surface area (Å²) in [6.07, 6.45) is 2.58. The van der Waals surface area contributed by atoms with Crippen molar-refractivity contribution in [2.24, 2.45) is 17.8 Å². The first-order valence-corrected chi connectivity index (χ1v) is 7.89. The Morgan fingerprint density at radius 3 is 2.44 bits per heavy atom. The van der Waals surface area contributed by atoms with E-state index in [2.05, 4.69) is 72.0 Å². The maximum atomic E-state index is 3.57. The van der Waals surface area contributed by atoms with Crippen LogP contribution in [0.2, 0.25) is 0 Å². The lowest BCUT2D eigenvalue weighted by Crippen LogP contribution is -2.26. The Hall–Kier alpha value is -0.560. The molecule has 1 saturated carbocycles.